The molecule has 0 bridgehead atoms. The lowest BCUT2D eigenvalue weighted by atomic mass is 9.86. The van der Waals surface area contributed by atoms with Crippen molar-refractivity contribution < 1.29 is 9.90 Å². The number of hydrogen-bond acceptors (Lipinski definition) is 1. The normalized spacial score (nSPS) is 10.4. The molecule has 1 N–H and O–H groups in total. The summed E-state index contributed by atoms with van der Waals surface area (Å²) in [7, 11) is 0. The van der Waals surface area contributed by atoms with Crippen molar-refractivity contribution >= 4 is 6.47 Å². The van der Waals surface area contributed by atoms with Gasteiger partial charge >= 0.3 is 0 Å². The van der Waals surface area contributed by atoms with E-state index in [4.69, 9.17) is 9.90 Å². The van der Waals surface area contributed by atoms with Gasteiger partial charge in [0, 0.05) is 0 Å². The molecule has 18 heavy (non-hydrogen) atoms. The largest absolute Gasteiger partial charge is 0.483 e. The highest BCUT2D eigenvalue weighted by Crippen LogP contribution is 2.23. The van der Waals surface area contributed by atoms with Gasteiger partial charge in [-0.1, -0.05) is 64.8 Å². The molecule has 0 spiro atoms. The Kier molecular flexibility index (Phi) is 8.10. The Bertz CT molecular complexity index is 337. The van der Waals surface area contributed by atoms with Crippen LogP contribution in [0, 0.1) is 0 Å². The molecule has 1 aromatic carbocycles. The van der Waals surface area contributed by atoms with Crippen molar-refractivity contribution in [3.63, 3.8) is 0 Å². The van der Waals surface area contributed by atoms with E-state index in [2.05, 4.69) is 52.0 Å². The molecule has 102 valence electrons. The molecule has 1 rings (SSSR count). The Balaban J connectivity index is 0.000000873. The van der Waals surface area contributed by atoms with Crippen molar-refractivity contribution in [3.05, 3.63) is 35.4 Å². The van der Waals surface area contributed by atoms with Crippen molar-refractivity contribution in [3.8, 4) is 0 Å². The van der Waals surface area contributed by atoms with E-state index >= 15 is 0 Å². The van der Waals surface area contributed by atoms with Gasteiger partial charge in [-0.15, -0.1) is 0 Å². The number of benzene rings is 1. The first-order valence-electron chi connectivity index (χ1n) is 6.63. The van der Waals surface area contributed by atoms with Gasteiger partial charge in [0.15, 0.2) is 0 Å². The highest BCUT2D eigenvalue weighted by molar-refractivity contribution is 5.32. The third kappa shape index (κ3) is 7.10. The standard InChI is InChI=1S/C15H24.CH2O2/c1-5-6-7-9-13-10-8-11-14(12-13)15(2,3)4;2-1-3/h8,10-12H,5-7,9H2,1-4H3;1H,(H,2,3). The van der Waals surface area contributed by atoms with Gasteiger partial charge in [-0.05, 0) is 29.4 Å². The summed E-state index contributed by atoms with van der Waals surface area (Å²) in [6, 6.07) is 9.06. The van der Waals surface area contributed by atoms with Crippen molar-refractivity contribution in [2.75, 3.05) is 0 Å². The van der Waals surface area contributed by atoms with Gasteiger partial charge in [-0.3, -0.25) is 4.79 Å². The first-order chi connectivity index (χ1) is 8.45. The van der Waals surface area contributed by atoms with Gasteiger partial charge in [-0.25, -0.2) is 0 Å². The van der Waals surface area contributed by atoms with Crippen LogP contribution < -0.4 is 0 Å². The number of carboxylic acid groups (broad SMARTS) is 1. The second-order valence-electron chi connectivity index (χ2n) is 5.51. The Labute approximate surface area is 111 Å². The monoisotopic (exact) mass is 250 g/mol. The van der Waals surface area contributed by atoms with E-state index in [0.717, 1.165) is 0 Å². The third-order valence-corrected chi connectivity index (χ3v) is 2.86. The summed E-state index contributed by atoms with van der Waals surface area (Å²) >= 11 is 0. The van der Waals surface area contributed by atoms with Crippen LogP contribution in [0.2, 0.25) is 0 Å². The summed E-state index contributed by atoms with van der Waals surface area (Å²) < 4.78 is 0. The van der Waals surface area contributed by atoms with Crippen LogP contribution in [-0.2, 0) is 16.6 Å². The molecule has 0 unspecified atom stereocenters. The fourth-order valence-electron chi connectivity index (χ4n) is 1.77. The predicted octanol–water partition coefficient (Wildman–Crippen LogP) is 4.42. The molecule has 0 saturated heterocycles. The number of aryl methyl sites for hydroxylation is 1. The van der Waals surface area contributed by atoms with Crippen LogP contribution in [0.25, 0.3) is 0 Å². The minimum Gasteiger partial charge on any atom is -0.483 e. The molecule has 0 aromatic heterocycles. The van der Waals surface area contributed by atoms with Crippen molar-refractivity contribution in [2.24, 2.45) is 0 Å². The number of hydrogen-bond donors (Lipinski definition) is 1. The molecule has 0 fully saturated rings. The fraction of sp³-hybridized carbons (Fsp3) is 0.562. The molecule has 2 nitrogen and oxygen atoms in total. The molecule has 0 heterocycles. The maximum absolute atomic E-state index is 8.36. The van der Waals surface area contributed by atoms with E-state index in [1.165, 1.54) is 36.8 Å². The minimum atomic E-state index is -0.250. The van der Waals surface area contributed by atoms with Crippen LogP contribution in [-0.4, -0.2) is 11.6 Å². The van der Waals surface area contributed by atoms with E-state index in [1.54, 1.807) is 0 Å². The molecule has 0 aliphatic heterocycles. The Hall–Kier alpha value is -1.31. The number of unbranched alkanes of at least 4 members (excludes halogenated alkanes) is 2. The van der Waals surface area contributed by atoms with Crippen LogP contribution in [0.15, 0.2) is 24.3 Å². The van der Waals surface area contributed by atoms with Crippen LogP contribution in [0.5, 0.6) is 0 Å². The molecular weight excluding hydrogens is 224 g/mol. The van der Waals surface area contributed by atoms with Gasteiger partial charge in [-0.2, -0.15) is 0 Å². The van der Waals surface area contributed by atoms with Gasteiger partial charge in [0.25, 0.3) is 6.47 Å². The predicted molar refractivity (Wildman–Crippen MR) is 77.1 cm³/mol. The number of rotatable bonds is 4. The van der Waals surface area contributed by atoms with E-state index < -0.39 is 0 Å². The highest BCUT2D eigenvalue weighted by atomic mass is 16.3. The zero-order valence-corrected chi connectivity index (χ0v) is 12.1. The topological polar surface area (TPSA) is 37.3 Å². The third-order valence-electron chi connectivity index (χ3n) is 2.86. The summed E-state index contributed by atoms with van der Waals surface area (Å²) in [4.78, 5) is 8.36. The first kappa shape index (κ1) is 16.7. The second kappa shape index (κ2) is 8.73. The minimum absolute atomic E-state index is 0.250. The van der Waals surface area contributed by atoms with Crippen LogP contribution >= 0.6 is 0 Å². The first-order valence-corrected chi connectivity index (χ1v) is 6.63. The average Bonchev–Trinajstić information content (AvgIpc) is 2.30. The van der Waals surface area contributed by atoms with Crippen molar-refractivity contribution in [2.45, 2.75) is 58.8 Å². The molecule has 2 heteroatoms. The lowest BCUT2D eigenvalue weighted by Gasteiger charge is -2.19. The zero-order valence-electron chi connectivity index (χ0n) is 12.1. The summed E-state index contributed by atoms with van der Waals surface area (Å²) in [5, 5.41) is 6.89. The van der Waals surface area contributed by atoms with Gasteiger partial charge in [0.1, 0.15) is 0 Å². The SMILES string of the molecule is CCCCCc1cccc(C(C)(C)C)c1.O=CO. The fourth-order valence-corrected chi connectivity index (χ4v) is 1.77. The van der Waals surface area contributed by atoms with Gasteiger partial charge in [0.2, 0.25) is 0 Å². The summed E-state index contributed by atoms with van der Waals surface area (Å²) in [6.45, 7) is 8.83. The van der Waals surface area contributed by atoms with E-state index in [-0.39, 0.29) is 11.9 Å². The molecule has 0 amide bonds. The Morgan fingerprint density at radius 2 is 1.83 bits per heavy atom. The summed E-state index contributed by atoms with van der Waals surface area (Å²) in [5.74, 6) is 0. The molecule has 0 aliphatic carbocycles. The smallest absolute Gasteiger partial charge is 0.290 e. The summed E-state index contributed by atoms with van der Waals surface area (Å²) in [6.07, 6.45) is 5.21. The quantitative estimate of drug-likeness (QED) is 0.634. The Morgan fingerprint density at radius 3 is 2.33 bits per heavy atom. The molecule has 0 saturated carbocycles. The van der Waals surface area contributed by atoms with E-state index in [0.29, 0.717) is 0 Å². The van der Waals surface area contributed by atoms with Gasteiger partial charge in [0.05, 0.1) is 0 Å². The maximum atomic E-state index is 8.36. The van der Waals surface area contributed by atoms with E-state index in [1.807, 2.05) is 0 Å². The lowest BCUT2D eigenvalue weighted by Crippen LogP contribution is -2.11. The van der Waals surface area contributed by atoms with Crippen molar-refractivity contribution in [1.82, 2.24) is 0 Å². The van der Waals surface area contributed by atoms with Crippen LogP contribution in [0.3, 0.4) is 0 Å². The second-order valence-corrected chi connectivity index (χ2v) is 5.51. The number of carbonyl (C=O) groups is 1. The highest BCUT2D eigenvalue weighted by Gasteiger charge is 2.13. The Morgan fingerprint density at radius 1 is 1.22 bits per heavy atom. The molecule has 0 radical (unpaired) electrons. The molecular formula is C16H26O2. The van der Waals surface area contributed by atoms with Crippen molar-refractivity contribution in [1.29, 1.82) is 0 Å². The summed E-state index contributed by atoms with van der Waals surface area (Å²) in [5.41, 5.74) is 3.23. The maximum Gasteiger partial charge on any atom is 0.290 e. The van der Waals surface area contributed by atoms with Crippen LogP contribution in [0.1, 0.15) is 58.1 Å². The molecule has 1 aromatic rings. The molecule has 0 aliphatic rings. The molecule has 0 atom stereocenters. The van der Waals surface area contributed by atoms with Gasteiger partial charge < -0.3 is 5.11 Å². The van der Waals surface area contributed by atoms with E-state index in [9.17, 15) is 0 Å². The zero-order chi connectivity index (χ0) is 14.0. The van der Waals surface area contributed by atoms with Crippen LogP contribution in [0.4, 0.5) is 0 Å². The average molecular weight is 250 g/mol. The lowest BCUT2D eigenvalue weighted by molar-refractivity contribution is -0.122.